The molecule has 0 aliphatic heterocycles. The third kappa shape index (κ3) is 55.8. The van der Waals surface area contributed by atoms with E-state index in [0.29, 0.717) is 30.3 Å². The summed E-state index contributed by atoms with van der Waals surface area (Å²) in [5.74, 6) is -0.199. The lowest BCUT2D eigenvalue weighted by Gasteiger charge is -2.26. The molecule has 0 saturated heterocycles. The van der Waals surface area contributed by atoms with Crippen LogP contribution < -0.4 is 5.32 Å². The van der Waals surface area contributed by atoms with Crippen LogP contribution in [0, 0.1) is 0 Å². The number of likely N-dealkylation sites (N-methyl/N-ethyl adjacent to an activating group) is 1. The Morgan fingerprint density at radius 3 is 1.18 bits per heavy atom. The number of rotatable bonds is 55. The fraction of sp³-hybridized carbons (Fsp3) is 0.823. The Morgan fingerprint density at radius 1 is 0.493 bits per heavy atom. The zero-order valence-electron chi connectivity index (χ0n) is 47.5. The molecule has 0 radical (unpaired) electrons. The molecular formula is C62H118N2O6P+. The Balaban J connectivity index is 4.09. The summed E-state index contributed by atoms with van der Waals surface area (Å²) in [4.78, 5) is 23.3. The van der Waals surface area contributed by atoms with Crippen molar-refractivity contribution in [2.75, 3.05) is 40.9 Å². The first kappa shape index (κ1) is 69.2. The minimum absolute atomic E-state index is 0.0619. The lowest BCUT2D eigenvalue weighted by molar-refractivity contribution is -0.870. The van der Waals surface area contributed by atoms with Gasteiger partial charge in [-0.3, -0.25) is 13.8 Å². The van der Waals surface area contributed by atoms with Crippen molar-refractivity contribution in [2.24, 2.45) is 0 Å². The molecule has 9 heteroatoms. The number of allylic oxidation sites excluding steroid dienone is 10. The molecule has 0 aromatic carbocycles. The van der Waals surface area contributed by atoms with Gasteiger partial charge in [-0.05, 0) is 51.4 Å². The zero-order valence-corrected chi connectivity index (χ0v) is 48.4. The van der Waals surface area contributed by atoms with Crippen molar-refractivity contribution in [3.8, 4) is 0 Å². The number of carbonyl (C=O) groups is 1. The number of carbonyl (C=O) groups excluding carboxylic acids is 1. The highest BCUT2D eigenvalue weighted by atomic mass is 31.2. The second kappa shape index (κ2) is 53.0. The van der Waals surface area contributed by atoms with E-state index in [2.05, 4.69) is 79.9 Å². The summed E-state index contributed by atoms with van der Waals surface area (Å²) in [5.41, 5.74) is 0. The summed E-state index contributed by atoms with van der Waals surface area (Å²) in [6.45, 7) is 4.75. The van der Waals surface area contributed by atoms with Gasteiger partial charge in [0.2, 0.25) is 5.91 Å². The van der Waals surface area contributed by atoms with Gasteiger partial charge >= 0.3 is 7.82 Å². The van der Waals surface area contributed by atoms with Crippen LogP contribution in [-0.2, 0) is 18.4 Å². The van der Waals surface area contributed by atoms with Crippen LogP contribution in [0.25, 0.3) is 0 Å². The van der Waals surface area contributed by atoms with Crippen LogP contribution in [0.3, 0.4) is 0 Å². The van der Waals surface area contributed by atoms with Crippen molar-refractivity contribution in [1.82, 2.24) is 5.32 Å². The lowest BCUT2D eigenvalue weighted by Crippen LogP contribution is -2.46. The normalized spacial score (nSPS) is 14.3. The van der Waals surface area contributed by atoms with Crippen LogP contribution in [0.1, 0.15) is 277 Å². The zero-order chi connectivity index (χ0) is 52.0. The first-order chi connectivity index (χ1) is 34.5. The Hall–Kier alpha value is -1.80. The van der Waals surface area contributed by atoms with Gasteiger partial charge in [0.1, 0.15) is 13.2 Å². The summed E-state index contributed by atoms with van der Waals surface area (Å²) < 4.78 is 23.7. The number of nitrogens with zero attached hydrogens (tertiary/aromatic N) is 1. The van der Waals surface area contributed by atoms with Crippen molar-refractivity contribution >= 4 is 13.7 Å². The monoisotopic (exact) mass is 1020 g/mol. The highest BCUT2D eigenvalue weighted by molar-refractivity contribution is 7.47. The molecule has 0 fully saturated rings. The average molecular weight is 1020 g/mol. The number of amides is 1. The van der Waals surface area contributed by atoms with Gasteiger partial charge in [-0.2, -0.15) is 0 Å². The molecule has 416 valence electrons. The highest BCUT2D eigenvalue weighted by Crippen LogP contribution is 2.43. The molecule has 8 nitrogen and oxygen atoms in total. The summed E-state index contributed by atoms with van der Waals surface area (Å²) in [6, 6.07) is -0.794. The van der Waals surface area contributed by atoms with Crippen LogP contribution in [0.15, 0.2) is 60.8 Å². The van der Waals surface area contributed by atoms with Crippen LogP contribution >= 0.6 is 7.82 Å². The Labute approximate surface area is 441 Å². The molecule has 0 aromatic rings. The third-order valence-corrected chi connectivity index (χ3v) is 14.5. The van der Waals surface area contributed by atoms with Crippen LogP contribution in [-0.4, -0.2) is 73.4 Å². The van der Waals surface area contributed by atoms with Gasteiger partial charge in [-0.15, -0.1) is 0 Å². The smallest absolute Gasteiger partial charge is 0.391 e. The topological polar surface area (TPSA) is 105 Å². The van der Waals surface area contributed by atoms with Crippen molar-refractivity contribution in [3.05, 3.63) is 60.8 Å². The molecule has 0 bridgehead atoms. The summed E-state index contributed by atoms with van der Waals surface area (Å²) >= 11 is 0. The summed E-state index contributed by atoms with van der Waals surface area (Å²) in [6.07, 6.45) is 71.7. The molecule has 0 aliphatic carbocycles. The van der Waals surface area contributed by atoms with Gasteiger partial charge in [0.05, 0.1) is 39.9 Å². The molecule has 0 heterocycles. The summed E-state index contributed by atoms with van der Waals surface area (Å²) in [5, 5.41) is 14.0. The van der Waals surface area contributed by atoms with Gasteiger partial charge in [-0.1, -0.05) is 280 Å². The maximum atomic E-state index is 13.0. The van der Waals surface area contributed by atoms with Crippen molar-refractivity contribution in [3.63, 3.8) is 0 Å². The second-order valence-electron chi connectivity index (χ2n) is 21.7. The number of unbranched alkanes of at least 4 members (excludes halogenated alkanes) is 32. The quantitative estimate of drug-likeness (QED) is 0.0243. The standard InChI is InChI=1S/C62H117N2O6P/c1-6-8-10-12-14-16-18-20-22-24-25-26-27-28-29-30-31-32-33-34-35-36-37-38-40-41-43-45-47-49-51-53-55-61(65)60(59-70-71(67,68)69-58-57-64(3,4)5)63-62(66)56-54-52-50-48-46-44-42-39-23-21-19-17-15-13-11-9-7-2/h9,11,15,17,21,23,42,44,48,50,60-61,65H,6-8,10,12-14,16,18-20,22,24-41,43,45-47,49,51-59H2,1-5H3,(H-,63,66,67,68)/p+1/b11-9-,17-15-,23-21-,44-42-,50-48-. The molecule has 0 spiro atoms. The predicted octanol–water partition coefficient (Wildman–Crippen LogP) is 18.5. The van der Waals surface area contributed by atoms with Gasteiger partial charge in [-0.25, -0.2) is 4.57 Å². The van der Waals surface area contributed by atoms with Crippen molar-refractivity contribution in [2.45, 2.75) is 289 Å². The van der Waals surface area contributed by atoms with E-state index in [1.165, 1.54) is 186 Å². The number of nitrogens with one attached hydrogen (secondary N) is 1. The van der Waals surface area contributed by atoms with E-state index in [4.69, 9.17) is 9.05 Å². The third-order valence-electron chi connectivity index (χ3n) is 13.5. The molecule has 3 N–H and O–H groups in total. The molecule has 71 heavy (non-hydrogen) atoms. The van der Waals surface area contributed by atoms with E-state index in [1.54, 1.807) is 0 Å². The molecule has 0 aliphatic rings. The minimum Gasteiger partial charge on any atom is -0.391 e. The first-order valence-electron chi connectivity index (χ1n) is 30.2. The molecule has 1 amide bonds. The van der Waals surface area contributed by atoms with Gasteiger partial charge < -0.3 is 19.8 Å². The van der Waals surface area contributed by atoms with Gasteiger partial charge in [0.25, 0.3) is 0 Å². The van der Waals surface area contributed by atoms with E-state index < -0.39 is 20.0 Å². The Morgan fingerprint density at radius 2 is 0.831 bits per heavy atom. The van der Waals surface area contributed by atoms with E-state index in [1.807, 2.05) is 21.1 Å². The molecular weight excluding hydrogens is 900 g/mol. The number of hydrogen-bond acceptors (Lipinski definition) is 5. The number of hydrogen-bond donors (Lipinski definition) is 3. The van der Waals surface area contributed by atoms with Crippen LogP contribution in [0.4, 0.5) is 0 Å². The lowest BCUT2D eigenvalue weighted by atomic mass is 10.0. The van der Waals surface area contributed by atoms with Crippen LogP contribution in [0.5, 0.6) is 0 Å². The molecule has 0 aromatic heterocycles. The molecule has 0 rings (SSSR count). The molecule has 3 atom stereocenters. The number of aliphatic hydroxyl groups excluding tert-OH is 1. The second-order valence-corrected chi connectivity index (χ2v) is 23.2. The molecule has 3 unspecified atom stereocenters. The SMILES string of the molecule is CC/C=C\C/C=C\C/C=C\C/C=C\C/C=C\CCCC(=O)NC(COP(=O)(O)OCC[N+](C)(C)C)C(O)CCCCCCCCCCCCCCCCCCCCCCCCCCCCCCCCCC. The fourth-order valence-corrected chi connectivity index (χ4v) is 9.59. The number of quaternary nitrogens is 1. The Bertz CT molecular complexity index is 1340. The maximum absolute atomic E-state index is 13.0. The minimum atomic E-state index is -4.34. The van der Waals surface area contributed by atoms with E-state index in [-0.39, 0.29) is 19.1 Å². The van der Waals surface area contributed by atoms with E-state index in [9.17, 15) is 19.4 Å². The number of phosphoric acid groups is 1. The summed E-state index contributed by atoms with van der Waals surface area (Å²) in [7, 11) is 1.58. The number of phosphoric ester groups is 1. The first-order valence-corrected chi connectivity index (χ1v) is 31.6. The van der Waals surface area contributed by atoms with Gasteiger partial charge in [0.15, 0.2) is 0 Å². The predicted molar refractivity (Wildman–Crippen MR) is 309 cm³/mol. The van der Waals surface area contributed by atoms with Crippen molar-refractivity contribution < 1.29 is 32.9 Å². The Kier molecular flexibility index (Phi) is 51.7. The fourth-order valence-electron chi connectivity index (χ4n) is 8.85. The average Bonchev–Trinajstić information content (AvgIpc) is 3.33. The van der Waals surface area contributed by atoms with E-state index in [0.717, 1.165) is 57.8 Å². The highest BCUT2D eigenvalue weighted by Gasteiger charge is 2.28. The van der Waals surface area contributed by atoms with Gasteiger partial charge in [0, 0.05) is 6.42 Å². The maximum Gasteiger partial charge on any atom is 0.472 e. The van der Waals surface area contributed by atoms with Crippen LogP contribution in [0.2, 0.25) is 0 Å². The molecule has 0 saturated carbocycles. The largest absolute Gasteiger partial charge is 0.472 e. The van der Waals surface area contributed by atoms with Crippen molar-refractivity contribution in [1.29, 1.82) is 0 Å². The number of aliphatic hydroxyl groups is 1. The van der Waals surface area contributed by atoms with E-state index >= 15 is 0 Å².